The second-order valence-electron chi connectivity index (χ2n) is 4.84. The van der Waals surface area contributed by atoms with E-state index in [2.05, 4.69) is 48.0 Å². The number of rotatable bonds is 4. The van der Waals surface area contributed by atoms with Gasteiger partial charge in [-0.2, -0.15) is 0 Å². The Morgan fingerprint density at radius 1 is 1.33 bits per heavy atom. The number of hydrogen-bond donors (Lipinski definition) is 1. The second-order valence-corrected chi connectivity index (χ2v) is 5.36. The first-order chi connectivity index (χ1) is 8.63. The van der Waals surface area contributed by atoms with E-state index in [-0.39, 0.29) is 0 Å². The number of nitrogens with two attached hydrogens (primary N) is 1. The largest absolute Gasteiger partial charge is 0.393 e. The molecule has 0 radical (unpaired) electrons. The summed E-state index contributed by atoms with van der Waals surface area (Å²) in [5, 5.41) is 0. The quantitative estimate of drug-likeness (QED) is 0.846. The molecule has 0 aliphatic carbocycles. The van der Waals surface area contributed by atoms with Gasteiger partial charge in [0, 0.05) is 32.6 Å². The van der Waals surface area contributed by atoms with Gasteiger partial charge in [0.2, 0.25) is 0 Å². The van der Waals surface area contributed by atoms with Crippen molar-refractivity contribution in [3.05, 3.63) is 24.3 Å². The highest BCUT2D eigenvalue weighted by atomic mass is 32.1. The number of hydrogen-bond acceptors (Lipinski definition) is 3. The van der Waals surface area contributed by atoms with Crippen LogP contribution in [0.5, 0.6) is 0 Å². The van der Waals surface area contributed by atoms with E-state index in [9.17, 15) is 0 Å². The van der Waals surface area contributed by atoms with Gasteiger partial charge in [-0.1, -0.05) is 31.3 Å². The van der Waals surface area contributed by atoms with E-state index in [1.165, 1.54) is 11.4 Å². The van der Waals surface area contributed by atoms with Crippen molar-refractivity contribution in [2.75, 3.05) is 29.9 Å². The maximum Gasteiger partial charge on any atom is 0.0747 e. The molecule has 0 saturated carbocycles. The summed E-state index contributed by atoms with van der Waals surface area (Å²) < 4.78 is 0. The molecule has 1 aliphatic heterocycles. The monoisotopic (exact) mass is 263 g/mol. The van der Waals surface area contributed by atoms with E-state index in [0.29, 0.717) is 11.0 Å². The van der Waals surface area contributed by atoms with Crippen molar-refractivity contribution >= 4 is 28.6 Å². The van der Waals surface area contributed by atoms with E-state index in [4.69, 9.17) is 18.0 Å². The van der Waals surface area contributed by atoms with Gasteiger partial charge in [0.15, 0.2) is 0 Å². The van der Waals surface area contributed by atoms with Gasteiger partial charge in [0.05, 0.1) is 16.4 Å². The summed E-state index contributed by atoms with van der Waals surface area (Å²) in [5.41, 5.74) is 8.31. The molecule has 0 aromatic heterocycles. The summed E-state index contributed by atoms with van der Waals surface area (Å²) in [4.78, 5) is 5.37. The van der Waals surface area contributed by atoms with E-state index < -0.39 is 0 Å². The van der Waals surface area contributed by atoms with Crippen molar-refractivity contribution in [2.24, 2.45) is 5.73 Å². The first kappa shape index (κ1) is 13.1. The standard InChI is InChI=1S/C14H21N3S/c1-3-11(10-14(15)18)17-9-8-16(2)12-6-4-5-7-13(12)17/h4-7,11H,3,8-10H2,1-2H3,(H2,15,18). The minimum absolute atomic E-state index is 0.414. The summed E-state index contributed by atoms with van der Waals surface area (Å²) in [5.74, 6) is 0. The van der Waals surface area contributed by atoms with Gasteiger partial charge in [-0.05, 0) is 18.6 Å². The van der Waals surface area contributed by atoms with Crippen molar-refractivity contribution < 1.29 is 0 Å². The van der Waals surface area contributed by atoms with Gasteiger partial charge in [-0.15, -0.1) is 0 Å². The van der Waals surface area contributed by atoms with Crippen molar-refractivity contribution in [2.45, 2.75) is 25.8 Å². The van der Waals surface area contributed by atoms with Crippen LogP contribution in [0.15, 0.2) is 24.3 Å². The van der Waals surface area contributed by atoms with Crippen LogP contribution in [-0.2, 0) is 0 Å². The highest BCUT2D eigenvalue weighted by molar-refractivity contribution is 7.80. The van der Waals surface area contributed by atoms with E-state index in [1.807, 2.05) is 0 Å². The lowest BCUT2D eigenvalue weighted by atomic mass is 10.1. The van der Waals surface area contributed by atoms with Crippen LogP contribution in [0.4, 0.5) is 11.4 Å². The zero-order valence-corrected chi connectivity index (χ0v) is 11.9. The van der Waals surface area contributed by atoms with Gasteiger partial charge in [-0.25, -0.2) is 0 Å². The van der Waals surface area contributed by atoms with Crippen LogP contribution in [0.25, 0.3) is 0 Å². The molecule has 1 aliphatic rings. The molecular weight excluding hydrogens is 242 g/mol. The molecule has 1 aromatic carbocycles. The summed E-state index contributed by atoms with van der Waals surface area (Å²) >= 11 is 5.07. The lowest BCUT2D eigenvalue weighted by Gasteiger charge is -2.41. The SMILES string of the molecule is CCC(CC(N)=S)N1CCN(C)c2ccccc21. The number of thiocarbonyl (C=S) groups is 1. The maximum absolute atomic E-state index is 5.72. The Morgan fingerprint density at radius 3 is 2.61 bits per heavy atom. The molecule has 98 valence electrons. The molecule has 2 rings (SSSR count). The third-order valence-electron chi connectivity index (χ3n) is 3.63. The Hall–Kier alpha value is -1.29. The van der Waals surface area contributed by atoms with Gasteiger partial charge in [0.1, 0.15) is 0 Å². The van der Waals surface area contributed by atoms with Gasteiger partial charge in [-0.3, -0.25) is 0 Å². The fourth-order valence-corrected chi connectivity index (χ4v) is 2.81. The molecule has 18 heavy (non-hydrogen) atoms. The normalized spacial score (nSPS) is 16.3. The average Bonchev–Trinajstić information content (AvgIpc) is 2.37. The van der Waals surface area contributed by atoms with Crippen LogP contribution >= 0.6 is 12.2 Å². The highest BCUT2D eigenvalue weighted by Gasteiger charge is 2.25. The van der Waals surface area contributed by atoms with E-state index >= 15 is 0 Å². The van der Waals surface area contributed by atoms with E-state index in [0.717, 1.165) is 25.9 Å². The van der Waals surface area contributed by atoms with E-state index in [1.54, 1.807) is 0 Å². The first-order valence-electron chi connectivity index (χ1n) is 6.48. The zero-order chi connectivity index (χ0) is 13.1. The number of likely N-dealkylation sites (N-methyl/N-ethyl adjacent to an activating group) is 1. The number of anilines is 2. The fourth-order valence-electron chi connectivity index (χ4n) is 2.61. The predicted molar refractivity (Wildman–Crippen MR) is 82.5 cm³/mol. The smallest absolute Gasteiger partial charge is 0.0747 e. The minimum Gasteiger partial charge on any atom is -0.393 e. The van der Waals surface area contributed by atoms with Crippen LogP contribution in [0.3, 0.4) is 0 Å². The molecular formula is C14H21N3S. The van der Waals surface area contributed by atoms with Gasteiger partial charge in [0.25, 0.3) is 0 Å². The predicted octanol–water partition coefficient (Wildman–Crippen LogP) is 2.40. The maximum atomic E-state index is 5.72. The number of nitrogens with zero attached hydrogens (tertiary/aromatic N) is 2. The molecule has 1 heterocycles. The summed E-state index contributed by atoms with van der Waals surface area (Å²) in [6.45, 7) is 4.28. The molecule has 0 fully saturated rings. The Kier molecular flexibility index (Phi) is 4.07. The fraction of sp³-hybridized carbons (Fsp3) is 0.500. The molecule has 3 nitrogen and oxygen atoms in total. The molecule has 2 N–H and O–H groups in total. The van der Waals surface area contributed by atoms with Crippen LogP contribution in [0, 0.1) is 0 Å². The highest BCUT2D eigenvalue weighted by Crippen LogP contribution is 2.34. The van der Waals surface area contributed by atoms with Crippen molar-refractivity contribution in [3.63, 3.8) is 0 Å². The van der Waals surface area contributed by atoms with Crippen LogP contribution in [-0.4, -0.2) is 31.2 Å². The van der Waals surface area contributed by atoms with Crippen molar-refractivity contribution in [1.82, 2.24) is 0 Å². The van der Waals surface area contributed by atoms with Crippen molar-refractivity contribution in [1.29, 1.82) is 0 Å². The minimum atomic E-state index is 0.414. The molecule has 0 spiro atoms. The number of fused-ring (bicyclic) bond motifs is 1. The number of benzene rings is 1. The zero-order valence-electron chi connectivity index (χ0n) is 11.1. The molecule has 1 aromatic rings. The summed E-state index contributed by atoms with van der Waals surface area (Å²) in [7, 11) is 2.14. The second kappa shape index (κ2) is 5.57. The molecule has 0 saturated heterocycles. The molecule has 4 heteroatoms. The molecule has 1 unspecified atom stereocenters. The lowest BCUT2D eigenvalue weighted by molar-refractivity contribution is 0.577. The topological polar surface area (TPSA) is 32.5 Å². The first-order valence-corrected chi connectivity index (χ1v) is 6.89. The van der Waals surface area contributed by atoms with Crippen LogP contribution in [0.2, 0.25) is 0 Å². The van der Waals surface area contributed by atoms with Crippen LogP contribution in [0.1, 0.15) is 19.8 Å². The third kappa shape index (κ3) is 2.58. The molecule has 0 amide bonds. The Balaban J connectivity index is 2.29. The Labute approximate surface area is 115 Å². The van der Waals surface area contributed by atoms with Gasteiger partial charge < -0.3 is 15.5 Å². The summed E-state index contributed by atoms with van der Waals surface area (Å²) in [6, 6.07) is 8.96. The number of para-hydroxylation sites is 2. The molecule has 0 bridgehead atoms. The van der Waals surface area contributed by atoms with Crippen LogP contribution < -0.4 is 15.5 Å². The Morgan fingerprint density at radius 2 is 2.00 bits per heavy atom. The Bertz CT molecular complexity index is 433. The average molecular weight is 263 g/mol. The van der Waals surface area contributed by atoms with Gasteiger partial charge >= 0.3 is 0 Å². The third-order valence-corrected chi connectivity index (χ3v) is 3.79. The lowest BCUT2D eigenvalue weighted by Crippen LogP contribution is -2.46. The summed E-state index contributed by atoms with van der Waals surface area (Å²) in [6.07, 6.45) is 1.86. The molecule has 1 atom stereocenters. The van der Waals surface area contributed by atoms with Crippen molar-refractivity contribution in [3.8, 4) is 0 Å².